The van der Waals surface area contributed by atoms with Crippen molar-refractivity contribution in [2.75, 3.05) is 0 Å². The van der Waals surface area contributed by atoms with E-state index in [2.05, 4.69) is 214 Å². The Hall–Kier alpha value is -8.35. The summed E-state index contributed by atoms with van der Waals surface area (Å²) >= 11 is 0. The molecule has 0 bridgehead atoms. The molecule has 0 atom stereocenters. The first-order valence-electron chi connectivity index (χ1n) is 20.6. The first-order valence-corrected chi connectivity index (χ1v) is 20.6. The number of hydrogen-bond donors (Lipinski definition) is 0. The van der Waals surface area contributed by atoms with Crippen molar-refractivity contribution < 1.29 is 0 Å². The molecule has 0 amide bonds. The zero-order valence-corrected chi connectivity index (χ0v) is 32.8. The summed E-state index contributed by atoms with van der Waals surface area (Å²) in [5.74, 6) is 1.61. The van der Waals surface area contributed by atoms with Gasteiger partial charge < -0.3 is 4.57 Å². The molecular formula is C55H34N6. The summed E-state index contributed by atoms with van der Waals surface area (Å²) in [7, 11) is 0. The molecule has 284 valence electrons. The monoisotopic (exact) mass is 778 g/mol. The van der Waals surface area contributed by atoms with Crippen LogP contribution in [0, 0.1) is 0 Å². The molecule has 9 aromatic carbocycles. The summed E-state index contributed by atoms with van der Waals surface area (Å²) in [6, 6.07) is 73.2. The SMILES string of the molecule is c1ccc(-n2c3ccccc3n3c4cc(-c5ccc6c(c5)c5ccccc5n6-c5ccc(-c6nc(-c7ccc8ccccc8c7)c7ccccc7n6)cc5)ccc4nc23)cc1. The van der Waals surface area contributed by atoms with Gasteiger partial charge in [-0.15, -0.1) is 0 Å². The maximum Gasteiger partial charge on any atom is 0.220 e. The topological polar surface area (TPSA) is 52.9 Å². The summed E-state index contributed by atoms with van der Waals surface area (Å²) < 4.78 is 6.91. The van der Waals surface area contributed by atoms with E-state index in [-0.39, 0.29) is 0 Å². The van der Waals surface area contributed by atoms with Gasteiger partial charge in [0, 0.05) is 38.7 Å². The van der Waals surface area contributed by atoms with Crippen LogP contribution in [-0.4, -0.2) is 28.5 Å². The Bertz CT molecular complexity index is 3870. The molecule has 0 radical (unpaired) electrons. The lowest BCUT2D eigenvalue weighted by molar-refractivity contribution is 1.11. The molecule has 61 heavy (non-hydrogen) atoms. The van der Waals surface area contributed by atoms with Crippen LogP contribution in [0.1, 0.15) is 0 Å². The van der Waals surface area contributed by atoms with E-state index in [0.29, 0.717) is 5.82 Å². The first kappa shape index (κ1) is 33.6. The average molecular weight is 779 g/mol. The number of para-hydroxylation sites is 5. The number of hydrogen-bond acceptors (Lipinski definition) is 3. The number of rotatable bonds is 5. The number of benzene rings is 9. The molecule has 0 fully saturated rings. The quantitative estimate of drug-likeness (QED) is 0.175. The fourth-order valence-corrected chi connectivity index (χ4v) is 9.36. The van der Waals surface area contributed by atoms with Crippen LogP contribution in [0.4, 0.5) is 0 Å². The molecule has 0 unspecified atom stereocenters. The van der Waals surface area contributed by atoms with Crippen molar-refractivity contribution in [3.8, 4) is 45.1 Å². The highest BCUT2D eigenvalue weighted by Crippen LogP contribution is 2.38. The predicted octanol–water partition coefficient (Wildman–Crippen LogP) is 13.6. The molecule has 13 aromatic rings. The van der Waals surface area contributed by atoms with Gasteiger partial charge in [-0.1, -0.05) is 115 Å². The Morgan fingerprint density at radius 1 is 0.311 bits per heavy atom. The van der Waals surface area contributed by atoms with E-state index in [4.69, 9.17) is 15.0 Å². The van der Waals surface area contributed by atoms with Crippen LogP contribution >= 0.6 is 0 Å². The number of fused-ring (bicyclic) bond motifs is 10. The molecule has 6 heteroatoms. The smallest absolute Gasteiger partial charge is 0.220 e. The normalized spacial score (nSPS) is 11.9. The highest BCUT2D eigenvalue weighted by Gasteiger charge is 2.19. The largest absolute Gasteiger partial charge is 0.309 e. The van der Waals surface area contributed by atoms with E-state index in [0.717, 1.165) is 89.1 Å². The lowest BCUT2D eigenvalue weighted by Crippen LogP contribution is -1.97. The van der Waals surface area contributed by atoms with E-state index in [1.54, 1.807) is 0 Å². The minimum Gasteiger partial charge on any atom is -0.309 e. The van der Waals surface area contributed by atoms with Crippen molar-refractivity contribution in [3.63, 3.8) is 0 Å². The predicted molar refractivity (Wildman–Crippen MR) is 251 cm³/mol. The summed E-state index contributed by atoms with van der Waals surface area (Å²) in [6.07, 6.45) is 0. The molecule has 4 aromatic heterocycles. The number of aromatic nitrogens is 6. The summed E-state index contributed by atoms with van der Waals surface area (Å²) in [4.78, 5) is 15.5. The molecule has 0 aliphatic carbocycles. The van der Waals surface area contributed by atoms with Gasteiger partial charge in [0.05, 0.1) is 44.3 Å². The Labute approximate surface area is 349 Å². The van der Waals surface area contributed by atoms with Gasteiger partial charge in [0.1, 0.15) is 0 Å². The van der Waals surface area contributed by atoms with Crippen LogP contribution in [0.3, 0.4) is 0 Å². The van der Waals surface area contributed by atoms with Crippen LogP contribution in [-0.2, 0) is 0 Å². The fraction of sp³-hybridized carbons (Fsp3) is 0. The molecule has 0 saturated heterocycles. The van der Waals surface area contributed by atoms with E-state index < -0.39 is 0 Å². The standard InChI is InChI=1S/C55H34N6/c1-2-14-41(15-3-1)60-50-20-10-11-21-51(50)61-52-34-39(26-30-47(52)57-55(60)61)38-27-31-49-45(33-38)43-16-7-9-19-48(43)59(49)42-28-24-36(25-29-42)54-56-46-18-8-6-17-44(46)53(58-54)40-23-22-35-12-4-5-13-37(35)32-40/h1-34H. The third kappa shape index (κ3) is 5.19. The highest BCUT2D eigenvalue weighted by atomic mass is 15.2. The van der Waals surface area contributed by atoms with Crippen molar-refractivity contribution in [1.29, 1.82) is 0 Å². The van der Waals surface area contributed by atoms with Crippen molar-refractivity contribution in [1.82, 2.24) is 28.5 Å². The Morgan fingerprint density at radius 3 is 1.82 bits per heavy atom. The van der Waals surface area contributed by atoms with Crippen LogP contribution in [0.2, 0.25) is 0 Å². The molecule has 13 rings (SSSR count). The van der Waals surface area contributed by atoms with Crippen LogP contribution in [0.25, 0.3) is 116 Å². The van der Waals surface area contributed by atoms with Crippen molar-refractivity contribution >= 4 is 71.3 Å². The number of nitrogens with zero attached hydrogens (tertiary/aromatic N) is 6. The second-order valence-electron chi connectivity index (χ2n) is 15.7. The lowest BCUT2D eigenvalue weighted by atomic mass is 10.0. The average Bonchev–Trinajstić information content (AvgIpc) is 3.98. The van der Waals surface area contributed by atoms with Crippen LogP contribution in [0.15, 0.2) is 206 Å². The maximum absolute atomic E-state index is 5.22. The van der Waals surface area contributed by atoms with Gasteiger partial charge in [-0.2, -0.15) is 0 Å². The Morgan fingerprint density at radius 2 is 0.951 bits per heavy atom. The minimum atomic E-state index is 0.706. The summed E-state index contributed by atoms with van der Waals surface area (Å²) in [5, 5.41) is 5.85. The molecule has 0 aliphatic rings. The van der Waals surface area contributed by atoms with E-state index >= 15 is 0 Å². The second kappa shape index (κ2) is 13.1. The van der Waals surface area contributed by atoms with E-state index in [1.165, 1.54) is 21.5 Å². The van der Waals surface area contributed by atoms with Gasteiger partial charge in [0.15, 0.2) is 5.82 Å². The third-order valence-corrected chi connectivity index (χ3v) is 12.2. The van der Waals surface area contributed by atoms with Crippen LogP contribution in [0.5, 0.6) is 0 Å². The van der Waals surface area contributed by atoms with Crippen LogP contribution < -0.4 is 0 Å². The van der Waals surface area contributed by atoms with E-state index in [9.17, 15) is 0 Å². The summed E-state index contributed by atoms with van der Waals surface area (Å²) in [5.41, 5.74) is 15.0. The molecular weight excluding hydrogens is 745 g/mol. The van der Waals surface area contributed by atoms with Crippen molar-refractivity contribution in [2.45, 2.75) is 0 Å². The molecule has 6 nitrogen and oxygen atoms in total. The minimum absolute atomic E-state index is 0.706. The molecule has 0 saturated carbocycles. The zero-order chi connectivity index (χ0) is 40.0. The maximum atomic E-state index is 5.22. The Kier molecular flexibility index (Phi) is 7.21. The molecule has 4 heterocycles. The van der Waals surface area contributed by atoms with Gasteiger partial charge in [-0.3, -0.25) is 8.97 Å². The fourth-order valence-electron chi connectivity index (χ4n) is 9.36. The summed E-state index contributed by atoms with van der Waals surface area (Å²) in [6.45, 7) is 0. The first-order chi connectivity index (χ1) is 30.2. The molecule has 0 aliphatic heterocycles. The second-order valence-corrected chi connectivity index (χ2v) is 15.7. The van der Waals surface area contributed by atoms with Gasteiger partial charge in [0.2, 0.25) is 5.78 Å². The molecule has 0 N–H and O–H groups in total. The van der Waals surface area contributed by atoms with Gasteiger partial charge in [0.25, 0.3) is 0 Å². The highest BCUT2D eigenvalue weighted by molar-refractivity contribution is 6.11. The van der Waals surface area contributed by atoms with Gasteiger partial charge >= 0.3 is 0 Å². The van der Waals surface area contributed by atoms with E-state index in [1.807, 2.05) is 6.07 Å². The Balaban J connectivity index is 0.911. The zero-order valence-electron chi connectivity index (χ0n) is 32.8. The third-order valence-electron chi connectivity index (χ3n) is 12.2. The van der Waals surface area contributed by atoms with Gasteiger partial charge in [-0.05, 0) is 113 Å². The number of imidazole rings is 2. The molecule has 0 spiro atoms. The van der Waals surface area contributed by atoms with Crippen molar-refractivity contribution in [3.05, 3.63) is 206 Å². The lowest BCUT2D eigenvalue weighted by Gasteiger charge is -2.12. The van der Waals surface area contributed by atoms with Crippen molar-refractivity contribution in [2.24, 2.45) is 0 Å². The van der Waals surface area contributed by atoms with Gasteiger partial charge in [-0.25, -0.2) is 15.0 Å².